The highest BCUT2D eigenvalue weighted by molar-refractivity contribution is 6.35. The molecule has 0 amide bonds. The van der Waals surface area contributed by atoms with Crippen molar-refractivity contribution in [3.8, 4) is 22.9 Å². The molecule has 5 rings (SSSR count). The van der Waals surface area contributed by atoms with Crippen molar-refractivity contribution in [3.63, 3.8) is 0 Å². The maximum Gasteiger partial charge on any atom is 0.335 e. The highest BCUT2D eigenvalue weighted by Crippen LogP contribution is 2.37. The van der Waals surface area contributed by atoms with E-state index in [1.165, 1.54) is 12.1 Å². The standard InChI is InChI=1S/C22H13ClN2O5/c23-15-9-19-18(29-10-30-19)8-14(15)20(26)11-1-3-12(4-2-11)21-24-16-6-5-13(22(27)28)7-17(16)25-21/h1-9H,10H2,(H,24,25)(H,27,28). The van der Waals surface area contributed by atoms with Gasteiger partial charge in [-0.1, -0.05) is 35.9 Å². The number of nitrogens with one attached hydrogen (secondary N) is 1. The number of hydrogen-bond donors (Lipinski definition) is 2. The van der Waals surface area contributed by atoms with Crippen molar-refractivity contribution in [2.75, 3.05) is 6.79 Å². The van der Waals surface area contributed by atoms with E-state index in [9.17, 15) is 9.59 Å². The molecule has 1 aliphatic rings. The average Bonchev–Trinajstić information content (AvgIpc) is 3.38. The summed E-state index contributed by atoms with van der Waals surface area (Å²) in [6.45, 7) is 0.101. The third-order valence-electron chi connectivity index (χ3n) is 4.86. The van der Waals surface area contributed by atoms with Gasteiger partial charge in [-0.25, -0.2) is 9.78 Å². The Hall–Kier alpha value is -3.84. The number of hydrogen-bond acceptors (Lipinski definition) is 5. The number of rotatable bonds is 4. The zero-order valence-corrected chi connectivity index (χ0v) is 16.1. The second-order valence-corrected chi connectivity index (χ2v) is 7.12. The maximum atomic E-state index is 12.9. The number of carbonyl (C=O) groups excluding carboxylic acids is 1. The number of carboxylic acids is 1. The SMILES string of the molecule is O=C(O)c1ccc2nc(-c3ccc(C(=O)c4cc5c(cc4Cl)OCO5)cc3)[nH]c2c1. The molecule has 8 heteroatoms. The fourth-order valence-electron chi connectivity index (χ4n) is 3.31. The summed E-state index contributed by atoms with van der Waals surface area (Å²) in [4.78, 5) is 31.6. The fraction of sp³-hybridized carbons (Fsp3) is 0.0455. The van der Waals surface area contributed by atoms with Crippen LogP contribution >= 0.6 is 11.6 Å². The third kappa shape index (κ3) is 3.05. The number of halogens is 1. The molecule has 0 aliphatic carbocycles. The Labute approximate surface area is 174 Å². The second kappa shape index (κ2) is 6.89. The van der Waals surface area contributed by atoms with E-state index < -0.39 is 5.97 Å². The van der Waals surface area contributed by atoms with Crippen LogP contribution in [0.1, 0.15) is 26.3 Å². The number of ketones is 1. The Balaban J connectivity index is 1.45. The lowest BCUT2D eigenvalue weighted by molar-refractivity contribution is 0.0696. The topological polar surface area (TPSA) is 102 Å². The first-order valence-electron chi connectivity index (χ1n) is 8.97. The van der Waals surface area contributed by atoms with Gasteiger partial charge in [0, 0.05) is 22.8 Å². The number of H-pyrrole nitrogens is 1. The molecular weight excluding hydrogens is 408 g/mol. The van der Waals surface area contributed by atoms with Crippen molar-refractivity contribution in [1.82, 2.24) is 9.97 Å². The molecule has 7 nitrogen and oxygen atoms in total. The van der Waals surface area contributed by atoms with Gasteiger partial charge in [-0.3, -0.25) is 4.79 Å². The molecule has 0 bridgehead atoms. The van der Waals surface area contributed by atoms with Crippen LogP contribution in [0.5, 0.6) is 11.5 Å². The number of nitrogens with zero attached hydrogens (tertiary/aromatic N) is 1. The molecule has 0 unspecified atom stereocenters. The van der Waals surface area contributed by atoms with Crippen LogP contribution in [0.2, 0.25) is 5.02 Å². The van der Waals surface area contributed by atoms with E-state index >= 15 is 0 Å². The molecule has 148 valence electrons. The number of benzene rings is 3. The molecule has 1 aromatic heterocycles. The van der Waals surface area contributed by atoms with Crippen LogP contribution in [-0.2, 0) is 0 Å². The highest BCUT2D eigenvalue weighted by atomic mass is 35.5. The maximum absolute atomic E-state index is 12.9. The van der Waals surface area contributed by atoms with Gasteiger partial charge in [0.1, 0.15) is 5.82 Å². The van der Waals surface area contributed by atoms with Gasteiger partial charge in [-0.2, -0.15) is 0 Å². The minimum atomic E-state index is -1.00. The summed E-state index contributed by atoms with van der Waals surface area (Å²) < 4.78 is 10.6. The van der Waals surface area contributed by atoms with E-state index in [0.29, 0.717) is 44.5 Å². The summed E-state index contributed by atoms with van der Waals surface area (Å²) in [6, 6.07) is 14.8. The molecule has 0 radical (unpaired) electrons. The van der Waals surface area contributed by atoms with E-state index in [1.807, 2.05) is 0 Å². The van der Waals surface area contributed by atoms with Crippen LogP contribution in [0.15, 0.2) is 54.6 Å². The molecule has 1 aliphatic heterocycles. The molecule has 2 heterocycles. The van der Waals surface area contributed by atoms with Crippen LogP contribution in [0.4, 0.5) is 0 Å². The van der Waals surface area contributed by atoms with Gasteiger partial charge in [0.25, 0.3) is 0 Å². The lowest BCUT2D eigenvalue weighted by Gasteiger charge is -2.06. The largest absolute Gasteiger partial charge is 0.478 e. The number of carboxylic acid groups (broad SMARTS) is 1. The van der Waals surface area contributed by atoms with Crippen LogP contribution in [0.3, 0.4) is 0 Å². The minimum Gasteiger partial charge on any atom is -0.478 e. The molecule has 0 atom stereocenters. The van der Waals surface area contributed by atoms with Crippen LogP contribution in [0, 0.1) is 0 Å². The van der Waals surface area contributed by atoms with Crippen LogP contribution < -0.4 is 9.47 Å². The monoisotopic (exact) mass is 420 g/mol. The zero-order valence-electron chi connectivity index (χ0n) is 15.3. The van der Waals surface area contributed by atoms with Crippen LogP contribution in [-0.4, -0.2) is 33.6 Å². The first-order valence-corrected chi connectivity index (χ1v) is 9.35. The normalized spacial score (nSPS) is 12.3. The first kappa shape index (κ1) is 18.2. The van der Waals surface area contributed by atoms with Gasteiger partial charge < -0.3 is 19.6 Å². The number of aromatic amines is 1. The van der Waals surface area contributed by atoms with E-state index in [1.54, 1.807) is 42.5 Å². The van der Waals surface area contributed by atoms with Gasteiger partial charge in [0.15, 0.2) is 17.3 Å². The molecule has 2 N–H and O–H groups in total. The van der Waals surface area contributed by atoms with Crippen LogP contribution in [0.25, 0.3) is 22.4 Å². The smallest absolute Gasteiger partial charge is 0.335 e. The Morgan fingerprint density at radius 1 is 0.967 bits per heavy atom. The summed E-state index contributed by atoms with van der Waals surface area (Å²) >= 11 is 6.25. The van der Waals surface area contributed by atoms with Crippen molar-refractivity contribution in [2.24, 2.45) is 0 Å². The van der Waals surface area contributed by atoms with E-state index in [4.69, 9.17) is 26.2 Å². The summed E-state index contributed by atoms with van der Waals surface area (Å²) in [6.07, 6.45) is 0. The number of ether oxygens (including phenoxy) is 2. The summed E-state index contributed by atoms with van der Waals surface area (Å²) in [5.41, 5.74) is 3.01. The Morgan fingerprint density at radius 3 is 2.40 bits per heavy atom. The summed E-state index contributed by atoms with van der Waals surface area (Å²) in [7, 11) is 0. The molecule has 3 aromatic carbocycles. The molecule has 0 saturated carbocycles. The van der Waals surface area contributed by atoms with Crippen molar-refractivity contribution in [2.45, 2.75) is 0 Å². The predicted molar refractivity (Wildman–Crippen MR) is 109 cm³/mol. The molecule has 0 fully saturated rings. The van der Waals surface area contributed by atoms with Gasteiger partial charge in [0.05, 0.1) is 21.6 Å². The predicted octanol–water partition coefficient (Wildman–Crippen LogP) is 4.54. The number of carbonyl (C=O) groups is 2. The van der Waals surface area contributed by atoms with E-state index in [2.05, 4.69) is 9.97 Å². The summed E-state index contributed by atoms with van der Waals surface area (Å²) in [5.74, 6) is 0.344. The molecular formula is C22H13ClN2O5. The van der Waals surface area contributed by atoms with Gasteiger partial charge in [-0.05, 0) is 24.3 Å². The third-order valence-corrected chi connectivity index (χ3v) is 5.17. The van der Waals surface area contributed by atoms with Gasteiger partial charge in [0.2, 0.25) is 6.79 Å². The van der Waals surface area contributed by atoms with Crippen molar-refractivity contribution >= 4 is 34.4 Å². The molecule has 0 spiro atoms. The van der Waals surface area contributed by atoms with Crippen molar-refractivity contribution in [3.05, 3.63) is 76.3 Å². The number of fused-ring (bicyclic) bond motifs is 2. The Kier molecular flexibility index (Phi) is 4.18. The summed E-state index contributed by atoms with van der Waals surface area (Å²) in [5, 5.41) is 9.42. The average molecular weight is 421 g/mol. The van der Waals surface area contributed by atoms with Gasteiger partial charge in [-0.15, -0.1) is 0 Å². The Bertz CT molecular complexity index is 1330. The fourth-order valence-corrected chi connectivity index (χ4v) is 3.54. The number of imidazole rings is 1. The van der Waals surface area contributed by atoms with Gasteiger partial charge >= 0.3 is 5.97 Å². The quantitative estimate of drug-likeness (QED) is 0.470. The minimum absolute atomic E-state index is 0.101. The molecule has 30 heavy (non-hydrogen) atoms. The van der Waals surface area contributed by atoms with Crippen molar-refractivity contribution in [1.29, 1.82) is 0 Å². The molecule has 4 aromatic rings. The number of aromatic carboxylic acids is 1. The highest BCUT2D eigenvalue weighted by Gasteiger charge is 2.21. The second-order valence-electron chi connectivity index (χ2n) is 6.71. The van der Waals surface area contributed by atoms with E-state index in [-0.39, 0.29) is 18.1 Å². The number of aromatic nitrogens is 2. The Morgan fingerprint density at radius 2 is 1.67 bits per heavy atom. The molecule has 0 saturated heterocycles. The van der Waals surface area contributed by atoms with Crippen molar-refractivity contribution < 1.29 is 24.2 Å². The zero-order chi connectivity index (χ0) is 20.8. The lowest BCUT2D eigenvalue weighted by atomic mass is 10.0. The first-order chi connectivity index (χ1) is 14.5. The van der Waals surface area contributed by atoms with E-state index in [0.717, 1.165) is 5.56 Å². The lowest BCUT2D eigenvalue weighted by Crippen LogP contribution is -2.02.